The molecule has 1 saturated carbocycles. The lowest BCUT2D eigenvalue weighted by molar-refractivity contribution is -0.332. The Kier molecular flexibility index (Phi) is 8.99. The number of hydrogen-bond donors (Lipinski definition) is 11. The molecule has 0 unspecified atom stereocenters. The molecule has 0 bridgehead atoms. The van der Waals surface area contributed by atoms with Gasteiger partial charge < -0.3 is 77.6 Å². The summed E-state index contributed by atoms with van der Waals surface area (Å²) in [4.78, 5) is 0. The molecular weight excluding hydrogens is 448 g/mol. The van der Waals surface area contributed by atoms with Crippen LogP contribution in [0.2, 0.25) is 0 Å². The minimum absolute atomic E-state index is 0.0849. The summed E-state index contributed by atoms with van der Waals surface area (Å²) in [6, 6.07) is -2.86. The quantitative estimate of drug-likeness (QED) is 0.167. The van der Waals surface area contributed by atoms with Crippen LogP contribution in [0, 0.1) is 0 Å². The Morgan fingerprint density at radius 1 is 0.667 bits per heavy atom. The number of nitrogens with two attached hydrogens (primary N) is 4. The van der Waals surface area contributed by atoms with Gasteiger partial charge in [-0.15, -0.1) is 0 Å². The predicted octanol–water partition coefficient (Wildman–Crippen LogP) is -7.29. The van der Waals surface area contributed by atoms with Gasteiger partial charge in [0, 0.05) is 18.6 Å². The molecule has 194 valence electrons. The zero-order chi connectivity index (χ0) is 24.6. The van der Waals surface area contributed by atoms with Crippen LogP contribution in [0.1, 0.15) is 6.42 Å². The Labute approximate surface area is 189 Å². The van der Waals surface area contributed by atoms with Crippen molar-refractivity contribution in [3.8, 4) is 0 Å². The largest absolute Gasteiger partial charge is 0.394 e. The lowest BCUT2D eigenvalue weighted by Gasteiger charge is -2.48. The van der Waals surface area contributed by atoms with Crippen LogP contribution in [0.25, 0.3) is 0 Å². The van der Waals surface area contributed by atoms with Gasteiger partial charge in [0.15, 0.2) is 12.6 Å². The van der Waals surface area contributed by atoms with Gasteiger partial charge in [0.1, 0.15) is 61.0 Å². The summed E-state index contributed by atoms with van der Waals surface area (Å²) in [5.41, 5.74) is 23.5. The molecule has 15 heteroatoms. The molecule has 33 heavy (non-hydrogen) atoms. The number of aliphatic hydroxyl groups excluding tert-OH is 7. The van der Waals surface area contributed by atoms with E-state index in [1.165, 1.54) is 0 Å². The van der Waals surface area contributed by atoms with Crippen LogP contribution in [0.3, 0.4) is 0 Å². The molecule has 0 amide bonds. The second-order valence-electron chi connectivity index (χ2n) is 8.79. The van der Waals surface area contributed by atoms with E-state index < -0.39 is 98.4 Å². The second-order valence-corrected chi connectivity index (χ2v) is 8.79. The third-order valence-electron chi connectivity index (χ3n) is 6.48. The van der Waals surface area contributed by atoms with Gasteiger partial charge in [-0.3, -0.25) is 0 Å². The fourth-order valence-corrected chi connectivity index (χ4v) is 4.40. The first kappa shape index (κ1) is 27.0. The van der Waals surface area contributed by atoms with Crippen molar-refractivity contribution in [2.75, 3.05) is 13.2 Å². The highest BCUT2D eigenvalue weighted by Gasteiger charge is 2.51. The number of aliphatic hydroxyl groups is 7. The Balaban J connectivity index is 1.72. The van der Waals surface area contributed by atoms with Crippen molar-refractivity contribution >= 4 is 0 Å². The average molecular weight is 485 g/mol. The molecule has 1 aliphatic carbocycles. The molecule has 2 aliphatic heterocycles. The molecule has 3 rings (SSSR count). The summed E-state index contributed by atoms with van der Waals surface area (Å²) in [7, 11) is 0. The van der Waals surface area contributed by atoms with E-state index in [0.29, 0.717) is 0 Å². The first-order valence-electron chi connectivity index (χ1n) is 10.8. The maximum absolute atomic E-state index is 10.9. The zero-order valence-electron chi connectivity index (χ0n) is 17.9. The Morgan fingerprint density at radius 3 is 1.70 bits per heavy atom. The van der Waals surface area contributed by atoms with E-state index in [-0.39, 0.29) is 13.0 Å². The topological polar surface area (TPSA) is 283 Å². The van der Waals surface area contributed by atoms with Crippen LogP contribution < -0.4 is 22.9 Å². The molecule has 2 heterocycles. The Hall–Kier alpha value is -0.600. The highest BCUT2D eigenvalue weighted by molar-refractivity contribution is 5.01. The third-order valence-corrected chi connectivity index (χ3v) is 6.48. The van der Waals surface area contributed by atoms with Gasteiger partial charge in [-0.1, -0.05) is 0 Å². The van der Waals surface area contributed by atoms with Crippen LogP contribution in [0.5, 0.6) is 0 Å². The van der Waals surface area contributed by atoms with Crippen molar-refractivity contribution in [3.63, 3.8) is 0 Å². The molecule has 0 aromatic rings. The predicted molar refractivity (Wildman–Crippen MR) is 108 cm³/mol. The normalized spacial score (nSPS) is 53.7. The van der Waals surface area contributed by atoms with Gasteiger partial charge >= 0.3 is 0 Å². The molecule has 3 fully saturated rings. The fourth-order valence-electron chi connectivity index (χ4n) is 4.40. The van der Waals surface area contributed by atoms with Crippen molar-refractivity contribution in [3.05, 3.63) is 0 Å². The van der Waals surface area contributed by atoms with Crippen molar-refractivity contribution < 1.29 is 54.7 Å². The minimum Gasteiger partial charge on any atom is -0.394 e. The molecule has 0 radical (unpaired) electrons. The summed E-state index contributed by atoms with van der Waals surface area (Å²) in [5.74, 6) is 0. The SMILES string of the molecule is NC[C@H]1O[C@H](O[C@@H]2[C@H](O)[C@@H](O[C@H]3O[C@H](CO)[C@@H](O)[C@H](N)[C@H]3O)[C@H](N)C[C@@H]2N)[C@H](O)[C@@H](O)[C@H]1O. The van der Waals surface area contributed by atoms with Crippen LogP contribution in [0.4, 0.5) is 0 Å². The van der Waals surface area contributed by atoms with E-state index in [1.54, 1.807) is 0 Å². The Morgan fingerprint density at radius 2 is 1.18 bits per heavy atom. The van der Waals surface area contributed by atoms with Crippen LogP contribution >= 0.6 is 0 Å². The molecule has 15 atom stereocenters. The summed E-state index contributed by atoms with van der Waals surface area (Å²) in [6.07, 6.45) is -16.5. The fraction of sp³-hybridized carbons (Fsp3) is 1.00. The molecule has 15 nitrogen and oxygen atoms in total. The molecule has 0 aromatic heterocycles. The van der Waals surface area contributed by atoms with Crippen molar-refractivity contribution in [2.45, 2.75) is 98.2 Å². The van der Waals surface area contributed by atoms with Crippen molar-refractivity contribution in [1.29, 1.82) is 0 Å². The molecule has 2 saturated heterocycles. The maximum Gasteiger partial charge on any atom is 0.187 e. The van der Waals surface area contributed by atoms with Crippen molar-refractivity contribution in [2.24, 2.45) is 22.9 Å². The van der Waals surface area contributed by atoms with Crippen LogP contribution in [0.15, 0.2) is 0 Å². The molecule has 0 spiro atoms. The lowest BCUT2D eigenvalue weighted by atomic mass is 9.84. The summed E-state index contributed by atoms with van der Waals surface area (Å²) < 4.78 is 22.2. The van der Waals surface area contributed by atoms with Gasteiger partial charge in [0.2, 0.25) is 0 Å². The van der Waals surface area contributed by atoms with E-state index in [9.17, 15) is 35.7 Å². The van der Waals surface area contributed by atoms with Gasteiger partial charge in [-0.25, -0.2) is 0 Å². The number of ether oxygens (including phenoxy) is 4. The number of rotatable bonds is 6. The third kappa shape index (κ3) is 5.32. The van der Waals surface area contributed by atoms with E-state index in [2.05, 4.69) is 0 Å². The summed E-state index contributed by atoms with van der Waals surface area (Å²) in [6.45, 7) is -0.763. The van der Waals surface area contributed by atoms with E-state index in [1.807, 2.05) is 0 Å². The summed E-state index contributed by atoms with van der Waals surface area (Å²) in [5, 5.41) is 70.9. The standard InChI is InChI=1S/C18H36N4O11/c19-2-6-10(25)12(27)13(28)18(30-6)33-16-5(21)1-4(20)15(14(16)29)32-17-11(26)8(22)9(24)7(3-23)31-17/h4-18,23-29H,1-3,19-22H2/t4-,5+,6-,7-,8+,9-,10+,11-,12+,13-,14-,15+,16+,17-,18-/m1/s1. The lowest BCUT2D eigenvalue weighted by Crippen LogP contribution is -2.68. The summed E-state index contributed by atoms with van der Waals surface area (Å²) >= 11 is 0. The smallest absolute Gasteiger partial charge is 0.187 e. The van der Waals surface area contributed by atoms with Crippen LogP contribution in [-0.2, 0) is 18.9 Å². The second kappa shape index (κ2) is 11.0. The average Bonchev–Trinajstić information content (AvgIpc) is 2.79. The van der Waals surface area contributed by atoms with Gasteiger partial charge in [-0.05, 0) is 6.42 Å². The van der Waals surface area contributed by atoms with Gasteiger partial charge in [-0.2, -0.15) is 0 Å². The van der Waals surface area contributed by atoms with Crippen molar-refractivity contribution in [1.82, 2.24) is 0 Å². The maximum atomic E-state index is 10.9. The Bertz CT molecular complexity index is 584. The molecular formula is C18H36N4O11. The molecule has 15 N–H and O–H groups in total. The van der Waals surface area contributed by atoms with Crippen LogP contribution in [-0.4, -0.2) is 141 Å². The molecule has 3 aliphatic rings. The molecule has 0 aromatic carbocycles. The first-order valence-corrected chi connectivity index (χ1v) is 10.8. The van der Waals surface area contributed by atoms with Gasteiger partial charge in [0.25, 0.3) is 0 Å². The highest BCUT2D eigenvalue weighted by atomic mass is 16.7. The monoisotopic (exact) mass is 484 g/mol. The number of hydrogen-bond acceptors (Lipinski definition) is 15. The zero-order valence-corrected chi connectivity index (χ0v) is 17.9. The van der Waals surface area contributed by atoms with Gasteiger partial charge in [0.05, 0.1) is 12.6 Å². The minimum atomic E-state index is -1.66. The highest BCUT2D eigenvalue weighted by Crippen LogP contribution is 2.31. The first-order chi connectivity index (χ1) is 15.5. The van der Waals surface area contributed by atoms with E-state index in [0.717, 1.165) is 0 Å². The van der Waals surface area contributed by atoms with E-state index >= 15 is 0 Å². The van der Waals surface area contributed by atoms with E-state index in [4.69, 9.17) is 41.9 Å².